The molecule has 7 heteroatoms. The molecule has 0 saturated carbocycles. The number of ketones is 1. The van der Waals surface area contributed by atoms with Gasteiger partial charge in [0.2, 0.25) is 5.91 Å². The molecule has 0 bridgehead atoms. The molecule has 1 aromatic heterocycles. The third-order valence-electron chi connectivity index (χ3n) is 5.80. The van der Waals surface area contributed by atoms with Gasteiger partial charge >= 0.3 is 0 Å². The fraction of sp³-hybridized carbons (Fsp3) is 0.179. The van der Waals surface area contributed by atoms with E-state index in [9.17, 15) is 14.4 Å². The van der Waals surface area contributed by atoms with Crippen LogP contribution in [0.15, 0.2) is 66.7 Å². The first-order chi connectivity index (χ1) is 16.8. The van der Waals surface area contributed by atoms with E-state index in [1.54, 1.807) is 66.1 Å². The van der Waals surface area contributed by atoms with Gasteiger partial charge in [-0.25, -0.2) is 0 Å². The van der Waals surface area contributed by atoms with Crippen molar-refractivity contribution in [3.63, 3.8) is 0 Å². The standard InChI is InChI=1S/C28H25ClN2O4/c1-4-35-23-7-5-6-22(15-23)30-27(33)16-24-17(2)31(28(34)19-8-11-21(29)12-9-19)26-13-10-20(18(3)32)14-25(24)26/h5-15H,4,16H2,1-3H3,(H,30,33). The van der Waals surface area contributed by atoms with E-state index >= 15 is 0 Å². The van der Waals surface area contributed by atoms with Crippen molar-refractivity contribution < 1.29 is 19.1 Å². The van der Waals surface area contributed by atoms with Crippen molar-refractivity contribution >= 4 is 45.8 Å². The van der Waals surface area contributed by atoms with Crippen LogP contribution in [0.1, 0.15) is 45.8 Å². The van der Waals surface area contributed by atoms with Gasteiger partial charge in [0, 0.05) is 39.0 Å². The number of hydrogen-bond donors (Lipinski definition) is 1. The van der Waals surface area contributed by atoms with Crippen molar-refractivity contribution in [3.8, 4) is 5.75 Å². The lowest BCUT2D eigenvalue weighted by molar-refractivity contribution is -0.115. The largest absolute Gasteiger partial charge is 0.494 e. The second-order valence-electron chi connectivity index (χ2n) is 8.19. The predicted molar refractivity (Wildman–Crippen MR) is 138 cm³/mol. The molecule has 4 rings (SSSR count). The quantitative estimate of drug-likeness (QED) is 0.320. The second kappa shape index (κ2) is 10.2. The van der Waals surface area contributed by atoms with Gasteiger partial charge in [-0.2, -0.15) is 0 Å². The van der Waals surface area contributed by atoms with E-state index in [2.05, 4.69) is 5.32 Å². The number of nitrogens with one attached hydrogen (secondary N) is 1. The summed E-state index contributed by atoms with van der Waals surface area (Å²) in [5, 5.41) is 4.13. The first-order valence-corrected chi connectivity index (χ1v) is 11.6. The van der Waals surface area contributed by atoms with Crippen molar-refractivity contribution in [2.24, 2.45) is 0 Å². The summed E-state index contributed by atoms with van der Waals surface area (Å²) >= 11 is 5.99. The first kappa shape index (κ1) is 24.2. The molecule has 0 spiro atoms. The van der Waals surface area contributed by atoms with Gasteiger partial charge in [-0.1, -0.05) is 17.7 Å². The molecule has 6 nitrogen and oxygen atoms in total. The Labute approximate surface area is 208 Å². The molecule has 0 aliphatic rings. The summed E-state index contributed by atoms with van der Waals surface area (Å²) < 4.78 is 7.09. The first-order valence-electron chi connectivity index (χ1n) is 11.3. The Morgan fingerprint density at radius 3 is 2.37 bits per heavy atom. The number of nitrogens with zero attached hydrogens (tertiary/aromatic N) is 1. The van der Waals surface area contributed by atoms with Crippen LogP contribution >= 0.6 is 11.6 Å². The molecule has 0 aliphatic carbocycles. The van der Waals surface area contributed by atoms with Gasteiger partial charge in [-0.3, -0.25) is 19.0 Å². The number of carbonyl (C=O) groups is 3. The molecule has 1 heterocycles. The SMILES string of the molecule is CCOc1cccc(NC(=O)Cc2c(C)n(C(=O)c3ccc(Cl)cc3)c3ccc(C(C)=O)cc23)c1. The molecule has 0 saturated heterocycles. The molecular formula is C28H25ClN2O4. The Kier molecular flexibility index (Phi) is 7.03. The molecular weight excluding hydrogens is 464 g/mol. The molecule has 0 atom stereocenters. The summed E-state index contributed by atoms with van der Waals surface area (Å²) in [5.74, 6) is 0.0889. The summed E-state index contributed by atoms with van der Waals surface area (Å²) in [6, 6.07) is 19.0. The highest BCUT2D eigenvalue weighted by atomic mass is 35.5. The van der Waals surface area contributed by atoms with Crippen LogP contribution in [0.25, 0.3) is 10.9 Å². The average molecular weight is 489 g/mol. The molecule has 178 valence electrons. The number of anilines is 1. The number of Topliss-reactive ketones (excluding diaryl/α,β-unsaturated/α-hetero) is 1. The van der Waals surface area contributed by atoms with Crippen LogP contribution in [0.5, 0.6) is 5.75 Å². The number of benzene rings is 3. The Morgan fingerprint density at radius 2 is 1.69 bits per heavy atom. The van der Waals surface area contributed by atoms with Crippen molar-refractivity contribution in [1.29, 1.82) is 0 Å². The summed E-state index contributed by atoms with van der Waals surface area (Å²) in [6.07, 6.45) is 0.0312. The summed E-state index contributed by atoms with van der Waals surface area (Å²) in [7, 11) is 0. The van der Waals surface area contributed by atoms with Crippen LogP contribution in [-0.4, -0.2) is 28.8 Å². The van der Waals surface area contributed by atoms with Crippen molar-refractivity contribution in [3.05, 3.63) is 94.1 Å². The van der Waals surface area contributed by atoms with Crippen LogP contribution in [0.3, 0.4) is 0 Å². The van der Waals surface area contributed by atoms with E-state index in [1.165, 1.54) is 6.92 Å². The third-order valence-corrected chi connectivity index (χ3v) is 6.05. The lowest BCUT2D eigenvalue weighted by atomic mass is 10.0. The maximum atomic E-state index is 13.4. The molecule has 35 heavy (non-hydrogen) atoms. The molecule has 0 unspecified atom stereocenters. The predicted octanol–water partition coefficient (Wildman–Crippen LogP) is 6.07. The number of aromatic nitrogens is 1. The molecule has 0 radical (unpaired) electrons. The van der Waals surface area contributed by atoms with Crippen molar-refractivity contribution in [2.75, 3.05) is 11.9 Å². The molecule has 0 fully saturated rings. The van der Waals surface area contributed by atoms with E-state index < -0.39 is 0 Å². The maximum Gasteiger partial charge on any atom is 0.262 e. The van der Waals surface area contributed by atoms with E-state index in [1.807, 2.05) is 19.1 Å². The van der Waals surface area contributed by atoms with Gasteiger partial charge in [0.15, 0.2) is 5.78 Å². The molecule has 1 amide bonds. The van der Waals surface area contributed by atoms with E-state index in [0.717, 1.165) is 0 Å². The number of amides is 1. The zero-order valence-corrected chi connectivity index (χ0v) is 20.5. The highest BCUT2D eigenvalue weighted by molar-refractivity contribution is 6.30. The van der Waals surface area contributed by atoms with Gasteiger partial charge in [0.1, 0.15) is 5.75 Å². The van der Waals surface area contributed by atoms with Crippen LogP contribution < -0.4 is 10.1 Å². The lowest BCUT2D eigenvalue weighted by Crippen LogP contribution is -2.16. The topological polar surface area (TPSA) is 77.4 Å². The number of rotatable bonds is 7. The zero-order chi connectivity index (χ0) is 25.1. The van der Waals surface area contributed by atoms with Gasteiger partial charge in [-0.15, -0.1) is 0 Å². The van der Waals surface area contributed by atoms with E-state index in [0.29, 0.717) is 56.4 Å². The minimum atomic E-state index is -0.243. The van der Waals surface area contributed by atoms with Gasteiger partial charge in [-0.05, 0) is 80.9 Å². The number of hydrogen-bond acceptors (Lipinski definition) is 4. The molecule has 0 aliphatic heterocycles. The molecule has 3 aromatic carbocycles. The zero-order valence-electron chi connectivity index (χ0n) is 19.7. The van der Waals surface area contributed by atoms with Crippen LogP contribution in [0.4, 0.5) is 5.69 Å². The molecule has 4 aromatic rings. The highest BCUT2D eigenvalue weighted by Gasteiger charge is 2.22. The minimum Gasteiger partial charge on any atom is -0.494 e. The summed E-state index contributed by atoms with van der Waals surface area (Å²) in [6.45, 7) is 5.71. The van der Waals surface area contributed by atoms with Crippen molar-refractivity contribution in [1.82, 2.24) is 4.57 Å². The monoisotopic (exact) mass is 488 g/mol. The lowest BCUT2D eigenvalue weighted by Gasteiger charge is -2.09. The highest BCUT2D eigenvalue weighted by Crippen LogP contribution is 2.29. The second-order valence-corrected chi connectivity index (χ2v) is 8.62. The average Bonchev–Trinajstić information content (AvgIpc) is 3.10. The Morgan fingerprint density at radius 1 is 0.971 bits per heavy atom. The van der Waals surface area contributed by atoms with Crippen LogP contribution in [0.2, 0.25) is 5.02 Å². The fourth-order valence-electron chi connectivity index (χ4n) is 4.10. The minimum absolute atomic E-state index is 0.0312. The summed E-state index contributed by atoms with van der Waals surface area (Å²) in [5.41, 5.74) is 3.55. The molecule has 1 N–H and O–H groups in total. The third kappa shape index (κ3) is 5.12. The number of ether oxygens (including phenoxy) is 1. The van der Waals surface area contributed by atoms with E-state index in [-0.39, 0.29) is 24.0 Å². The number of fused-ring (bicyclic) bond motifs is 1. The van der Waals surface area contributed by atoms with Crippen LogP contribution in [-0.2, 0) is 11.2 Å². The van der Waals surface area contributed by atoms with Crippen LogP contribution in [0, 0.1) is 6.92 Å². The maximum absolute atomic E-state index is 13.4. The summed E-state index contributed by atoms with van der Waals surface area (Å²) in [4.78, 5) is 38.5. The van der Waals surface area contributed by atoms with Crippen molar-refractivity contribution in [2.45, 2.75) is 27.2 Å². The Bertz CT molecular complexity index is 1440. The Balaban J connectivity index is 1.74. The smallest absolute Gasteiger partial charge is 0.262 e. The fourth-order valence-corrected chi connectivity index (χ4v) is 4.23. The normalized spacial score (nSPS) is 10.9. The van der Waals surface area contributed by atoms with E-state index in [4.69, 9.17) is 16.3 Å². The van der Waals surface area contributed by atoms with Gasteiger partial charge in [0.05, 0.1) is 18.5 Å². The number of carbonyl (C=O) groups excluding carboxylic acids is 3. The number of halogens is 1. The Hall–Kier alpha value is -3.90. The van der Waals surface area contributed by atoms with Gasteiger partial charge in [0.25, 0.3) is 5.91 Å². The van der Waals surface area contributed by atoms with Gasteiger partial charge < -0.3 is 10.1 Å².